The predicted molar refractivity (Wildman–Crippen MR) is 103 cm³/mol. The van der Waals surface area contributed by atoms with Crippen molar-refractivity contribution in [2.45, 2.75) is 24.6 Å². The van der Waals surface area contributed by atoms with E-state index in [0.717, 1.165) is 21.8 Å². The summed E-state index contributed by atoms with van der Waals surface area (Å²) in [4.78, 5) is 14.1. The Hall–Kier alpha value is -1.39. The average Bonchev–Trinajstić information content (AvgIpc) is 3.20. The number of thioether (sulfide) groups is 1. The van der Waals surface area contributed by atoms with Gasteiger partial charge in [0.05, 0.1) is 17.3 Å². The largest absolute Gasteiger partial charge is 0.411 e. The number of amides is 1. The summed E-state index contributed by atoms with van der Waals surface area (Å²) < 4.78 is 29.8. The zero-order valence-corrected chi connectivity index (χ0v) is 17.3. The highest BCUT2D eigenvalue weighted by Crippen LogP contribution is 2.26. The van der Waals surface area contributed by atoms with Crippen LogP contribution in [0.25, 0.3) is 11.5 Å². The highest BCUT2D eigenvalue weighted by Gasteiger charge is 2.33. The van der Waals surface area contributed by atoms with Crippen molar-refractivity contribution in [3.8, 4) is 11.5 Å². The number of carbonyl (C=O) groups excluding carboxylic acids is 1. The molecule has 2 heterocycles. The molecule has 1 aromatic heterocycles. The maximum Gasteiger partial charge on any atom is 0.277 e. The minimum atomic E-state index is -3.03. The first-order valence-electron chi connectivity index (χ1n) is 8.10. The zero-order valence-electron chi connectivity index (χ0n) is 14.1. The van der Waals surface area contributed by atoms with Gasteiger partial charge < -0.3 is 9.32 Å². The van der Waals surface area contributed by atoms with Crippen LogP contribution < -0.4 is 0 Å². The van der Waals surface area contributed by atoms with Crippen LogP contribution in [0.2, 0.25) is 0 Å². The SMILES string of the molecule is CCN(C(=O)CSc1nnc(-c2cccc(Br)c2)o1)C1CCS(=O)(=O)C1. The first-order chi connectivity index (χ1) is 12.4. The van der Waals surface area contributed by atoms with E-state index in [4.69, 9.17) is 4.42 Å². The van der Waals surface area contributed by atoms with Gasteiger partial charge in [-0.3, -0.25) is 4.79 Å². The van der Waals surface area contributed by atoms with E-state index in [9.17, 15) is 13.2 Å². The van der Waals surface area contributed by atoms with E-state index in [1.54, 1.807) is 4.90 Å². The molecule has 0 bridgehead atoms. The van der Waals surface area contributed by atoms with Gasteiger partial charge in [-0.2, -0.15) is 0 Å². The minimum absolute atomic E-state index is 0.0465. The number of hydrogen-bond acceptors (Lipinski definition) is 7. The van der Waals surface area contributed by atoms with Crippen LogP contribution in [0.1, 0.15) is 13.3 Å². The Balaban J connectivity index is 1.61. The molecule has 0 radical (unpaired) electrons. The summed E-state index contributed by atoms with van der Waals surface area (Å²) in [6.07, 6.45) is 0.500. The van der Waals surface area contributed by atoms with Crippen molar-refractivity contribution in [1.82, 2.24) is 15.1 Å². The van der Waals surface area contributed by atoms with Crippen LogP contribution in [-0.4, -0.2) is 59.3 Å². The lowest BCUT2D eigenvalue weighted by atomic mass is 10.2. The lowest BCUT2D eigenvalue weighted by molar-refractivity contribution is -0.129. The Morgan fingerprint density at radius 2 is 2.23 bits per heavy atom. The molecule has 1 aromatic carbocycles. The van der Waals surface area contributed by atoms with Crippen molar-refractivity contribution >= 4 is 43.4 Å². The van der Waals surface area contributed by atoms with Crippen molar-refractivity contribution in [2.75, 3.05) is 23.8 Å². The second-order valence-corrected chi connectivity index (χ2v) is 9.98. The van der Waals surface area contributed by atoms with E-state index in [-0.39, 0.29) is 29.2 Å². The molecule has 0 spiro atoms. The van der Waals surface area contributed by atoms with Gasteiger partial charge in [-0.1, -0.05) is 33.8 Å². The number of carbonyl (C=O) groups is 1. The third-order valence-corrected chi connectivity index (χ3v) is 7.15. The number of hydrogen-bond donors (Lipinski definition) is 0. The number of benzene rings is 1. The van der Waals surface area contributed by atoms with Gasteiger partial charge in [-0.15, -0.1) is 10.2 Å². The van der Waals surface area contributed by atoms with E-state index in [2.05, 4.69) is 26.1 Å². The molecule has 1 amide bonds. The fraction of sp³-hybridized carbons (Fsp3) is 0.438. The molecule has 26 heavy (non-hydrogen) atoms. The summed E-state index contributed by atoms with van der Waals surface area (Å²) in [7, 11) is -3.03. The first-order valence-corrected chi connectivity index (χ1v) is 11.7. The molecule has 1 unspecified atom stereocenters. The molecule has 1 saturated heterocycles. The van der Waals surface area contributed by atoms with Gasteiger partial charge in [0.2, 0.25) is 11.8 Å². The lowest BCUT2D eigenvalue weighted by Gasteiger charge is -2.26. The van der Waals surface area contributed by atoms with Crippen molar-refractivity contribution in [3.63, 3.8) is 0 Å². The van der Waals surface area contributed by atoms with E-state index >= 15 is 0 Å². The van der Waals surface area contributed by atoms with Gasteiger partial charge in [0.25, 0.3) is 5.22 Å². The molecule has 1 aliphatic heterocycles. The smallest absolute Gasteiger partial charge is 0.277 e. The van der Waals surface area contributed by atoms with Crippen LogP contribution in [0.5, 0.6) is 0 Å². The fourth-order valence-electron chi connectivity index (χ4n) is 2.87. The summed E-state index contributed by atoms with van der Waals surface area (Å²) in [6, 6.07) is 7.26. The van der Waals surface area contributed by atoms with Gasteiger partial charge in [0.15, 0.2) is 9.84 Å². The number of rotatable bonds is 6. The molecule has 10 heteroatoms. The zero-order chi connectivity index (χ0) is 18.7. The molecular weight excluding hydrogens is 442 g/mol. The van der Waals surface area contributed by atoms with Gasteiger partial charge in [0, 0.05) is 22.6 Å². The summed E-state index contributed by atoms with van der Waals surface area (Å²) in [6.45, 7) is 2.33. The van der Waals surface area contributed by atoms with Crippen LogP contribution in [0.4, 0.5) is 0 Å². The number of sulfone groups is 1. The Kier molecular flexibility index (Phi) is 6.03. The topological polar surface area (TPSA) is 93.4 Å². The average molecular weight is 460 g/mol. The second kappa shape index (κ2) is 8.10. The molecular formula is C16H18BrN3O4S2. The molecule has 0 N–H and O–H groups in total. The van der Waals surface area contributed by atoms with Gasteiger partial charge in [-0.25, -0.2) is 8.42 Å². The van der Waals surface area contributed by atoms with Crippen LogP contribution in [0, 0.1) is 0 Å². The standard InChI is InChI=1S/C16H18BrN3O4S2/c1-2-20(13-6-7-26(22,23)10-13)14(21)9-25-16-19-18-15(24-16)11-4-3-5-12(17)8-11/h3-5,8,13H,2,6-7,9-10H2,1H3. The van der Waals surface area contributed by atoms with Gasteiger partial charge in [0.1, 0.15) is 0 Å². The maximum absolute atomic E-state index is 12.5. The molecule has 3 rings (SSSR count). The van der Waals surface area contributed by atoms with Crippen molar-refractivity contribution in [1.29, 1.82) is 0 Å². The van der Waals surface area contributed by atoms with Crippen LogP contribution >= 0.6 is 27.7 Å². The Morgan fingerprint density at radius 3 is 2.88 bits per heavy atom. The number of nitrogens with zero attached hydrogens (tertiary/aromatic N) is 3. The molecule has 0 saturated carbocycles. The summed E-state index contributed by atoms with van der Waals surface area (Å²) in [5.74, 6) is 0.584. The van der Waals surface area contributed by atoms with E-state index < -0.39 is 9.84 Å². The van der Waals surface area contributed by atoms with Crippen molar-refractivity contribution < 1.29 is 17.6 Å². The number of halogens is 1. The normalized spacial score (nSPS) is 18.8. The molecule has 2 aromatic rings. The predicted octanol–water partition coefficient (Wildman–Crippen LogP) is 2.63. The highest BCUT2D eigenvalue weighted by atomic mass is 79.9. The first kappa shape index (κ1) is 19.4. The van der Waals surface area contributed by atoms with E-state index in [0.29, 0.717) is 24.1 Å². The highest BCUT2D eigenvalue weighted by molar-refractivity contribution is 9.10. The van der Waals surface area contributed by atoms with Crippen LogP contribution in [0.3, 0.4) is 0 Å². The van der Waals surface area contributed by atoms with Gasteiger partial charge >= 0.3 is 0 Å². The van der Waals surface area contributed by atoms with E-state index in [1.807, 2.05) is 31.2 Å². The van der Waals surface area contributed by atoms with Gasteiger partial charge in [-0.05, 0) is 31.5 Å². The second-order valence-electron chi connectivity index (χ2n) is 5.91. The quantitative estimate of drug-likeness (QED) is 0.612. The minimum Gasteiger partial charge on any atom is -0.411 e. The maximum atomic E-state index is 12.5. The number of aromatic nitrogens is 2. The summed E-state index contributed by atoms with van der Waals surface area (Å²) in [5.41, 5.74) is 0.788. The molecule has 1 fully saturated rings. The van der Waals surface area contributed by atoms with E-state index in [1.165, 1.54) is 0 Å². The molecule has 7 nitrogen and oxygen atoms in total. The van der Waals surface area contributed by atoms with Crippen molar-refractivity contribution in [2.24, 2.45) is 0 Å². The summed E-state index contributed by atoms with van der Waals surface area (Å²) in [5, 5.41) is 8.28. The Morgan fingerprint density at radius 1 is 1.42 bits per heavy atom. The fourth-order valence-corrected chi connectivity index (χ4v) is 5.65. The molecule has 140 valence electrons. The Labute approximate surface area is 164 Å². The van der Waals surface area contributed by atoms with Crippen LogP contribution in [0.15, 0.2) is 38.4 Å². The third-order valence-electron chi connectivity index (χ3n) is 4.11. The summed E-state index contributed by atoms with van der Waals surface area (Å²) >= 11 is 4.55. The molecule has 1 atom stereocenters. The molecule has 1 aliphatic rings. The third kappa shape index (κ3) is 4.66. The van der Waals surface area contributed by atoms with Crippen molar-refractivity contribution in [3.05, 3.63) is 28.7 Å². The van der Waals surface area contributed by atoms with Crippen LogP contribution in [-0.2, 0) is 14.6 Å². The monoisotopic (exact) mass is 459 g/mol. The Bertz CT molecular complexity index is 900. The molecule has 0 aliphatic carbocycles. The lowest BCUT2D eigenvalue weighted by Crippen LogP contribution is -2.41.